The summed E-state index contributed by atoms with van der Waals surface area (Å²) in [6.45, 7) is 3.87. The number of rotatable bonds is 2. The SMILES string of the molecule is CCc1ccc(C2=CCOCC2)s1. The summed E-state index contributed by atoms with van der Waals surface area (Å²) in [5.74, 6) is 0. The quantitative estimate of drug-likeness (QED) is 0.703. The monoisotopic (exact) mass is 194 g/mol. The van der Waals surface area contributed by atoms with Crippen molar-refractivity contribution >= 4 is 16.9 Å². The fourth-order valence-corrected chi connectivity index (χ4v) is 2.51. The fourth-order valence-electron chi connectivity index (χ4n) is 1.49. The minimum atomic E-state index is 0.786. The maximum Gasteiger partial charge on any atom is 0.0653 e. The first-order chi connectivity index (χ1) is 6.40. The number of hydrogen-bond donors (Lipinski definition) is 0. The van der Waals surface area contributed by atoms with Gasteiger partial charge in [0.15, 0.2) is 0 Å². The fraction of sp³-hybridized carbons (Fsp3) is 0.455. The molecule has 0 unspecified atom stereocenters. The number of aryl methyl sites for hydroxylation is 1. The smallest absolute Gasteiger partial charge is 0.0653 e. The van der Waals surface area contributed by atoms with E-state index in [1.165, 1.54) is 15.3 Å². The third-order valence-corrected chi connectivity index (χ3v) is 3.60. The van der Waals surface area contributed by atoms with Gasteiger partial charge < -0.3 is 4.74 Å². The van der Waals surface area contributed by atoms with Gasteiger partial charge in [0, 0.05) is 9.75 Å². The number of thiophene rings is 1. The van der Waals surface area contributed by atoms with Crippen molar-refractivity contribution in [2.24, 2.45) is 0 Å². The second-order valence-corrected chi connectivity index (χ2v) is 4.34. The zero-order chi connectivity index (χ0) is 9.10. The predicted molar refractivity (Wildman–Crippen MR) is 57.1 cm³/mol. The largest absolute Gasteiger partial charge is 0.377 e. The number of ether oxygens (including phenoxy) is 1. The van der Waals surface area contributed by atoms with Gasteiger partial charge in [-0.3, -0.25) is 0 Å². The third-order valence-electron chi connectivity index (χ3n) is 2.29. The Balaban J connectivity index is 2.19. The van der Waals surface area contributed by atoms with Crippen molar-refractivity contribution in [1.82, 2.24) is 0 Å². The highest BCUT2D eigenvalue weighted by Gasteiger charge is 2.07. The van der Waals surface area contributed by atoms with Crippen LogP contribution < -0.4 is 0 Å². The van der Waals surface area contributed by atoms with Crippen LogP contribution >= 0.6 is 11.3 Å². The minimum Gasteiger partial charge on any atom is -0.377 e. The van der Waals surface area contributed by atoms with E-state index in [4.69, 9.17) is 4.74 Å². The summed E-state index contributed by atoms with van der Waals surface area (Å²) in [6, 6.07) is 4.47. The van der Waals surface area contributed by atoms with Gasteiger partial charge in [-0.25, -0.2) is 0 Å². The molecule has 0 spiro atoms. The summed E-state index contributed by atoms with van der Waals surface area (Å²) in [5.41, 5.74) is 1.47. The predicted octanol–water partition coefficient (Wildman–Crippen LogP) is 3.11. The summed E-state index contributed by atoms with van der Waals surface area (Å²) >= 11 is 1.92. The van der Waals surface area contributed by atoms with Crippen LogP contribution in [-0.4, -0.2) is 13.2 Å². The summed E-state index contributed by atoms with van der Waals surface area (Å²) < 4.78 is 5.28. The molecule has 2 heteroatoms. The molecule has 1 aliphatic heterocycles. The van der Waals surface area contributed by atoms with Gasteiger partial charge in [0.2, 0.25) is 0 Å². The molecule has 0 atom stereocenters. The Morgan fingerprint density at radius 1 is 1.46 bits per heavy atom. The highest BCUT2D eigenvalue weighted by Crippen LogP contribution is 2.28. The number of hydrogen-bond acceptors (Lipinski definition) is 2. The minimum absolute atomic E-state index is 0.786. The summed E-state index contributed by atoms with van der Waals surface area (Å²) in [4.78, 5) is 2.91. The van der Waals surface area contributed by atoms with E-state index < -0.39 is 0 Å². The first kappa shape index (κ1) is 8.97. The molecule has 1 aromatic heterocycles. The Morgan fingerprint density at radius 3 is 3.00 bits per heavy atom. The third kappa shape index (κ3) is 2.01. The van der Waals surface area contributed by atoms with Gasteiger partial charge >= 0.3 is 0 Å². The van der Waals surface area contributed by atoms with Crippen LogP contribution in [0.5, 0.6) is 0 Å². The van der Waals surface area contributed by atoms with Crippen molar-refractivity contribution in [2.75, 3.05) is 13.2 Å². The Morgan fingerprint density at radius 2 is 2.38 bits per heavy atom. The molecule has 0 saturated heterocycles. The zero-order valence-corrected chi connectivity index (χ0v) is 8.69. The van der Waals surface area contributed by atoms with Crippen molar-refractivity contribution in [3.8, 4) is 0 Å². The molecule has 0 aromatic carbocycles. The molecule has 0 fully saturated rings. The lowest BCUT2D eigenvalue weighted by atomic mass is 10.1. The molecule has 13 heavy (non-hydrogen) atoms. The van der Waals surface area contributed by atoms with Gasteiger partial charge in [0.1, 0.15) is 0 Å². The molecule has 70 valence electrons. The first-order valence-electron chi connectivity index (χ1n) is 4.76. The van der Waals surface area contributed by atoms with Crippen LogP contribution in [0.15, 0.2) is 18.2 Å². The molecule has 1 aliphatic rings. The van der Waals surface area contributed by atoms with E-state index in [-0.39, 0.29) is 0 Å². The second-order valence-electron chi connectivity index (χ2n) is 3.17. The molecule has 1 aromatic rings. The van der Waals surface area contributed by atoms with Crippen molar-refractivity contribution in [1.29, 1.82) is 0 Å². The van der Waals surface area contributed by atoms with Crippen LogP contribution in [0.1, 0.15) is 23.1 Å². The highest BCUT2D eigenvalue weighted by atomic mass is 32.1. The maximum absolute atomic E-state index is 5.28. The Bertz CT molecular complexity index is 312. The van der Waals surface area contributed by atoms with Gasteiger partial charge in [0.25, 0.3) is 0 Å². The maximum atomic E-state index is 5.28. The van der Waals surface area contributed by atoms with Crippen LogP contribution in [0, 0.1) is 0 Å². The van der Waals surface area contributed by atoms with E-state index in [2.05, 4.69) is 25.1 Å². The van der Waals surface area contributed by atoms with Gasteiger partial charge in [-0.2, -0.15) is 0 Å². The van der Waals surface area contributed by atoms with Gasteiger partial charge in [-0.15, -0.1) is 11.3 Å². The van der Waals surface area contributed by atoms with Crippen LogP contribution in [0.3, 0.4) is 0 Å². The molecule has 0 saturated carbocycles. The molecular weight excluding hydrogens is 180 g/mol. The molecule has 0 N–H and O–H groups in total. The average Bonchev–Trinajstić information content (AvgIpc) is 2.67. The summed E-state index contributed by atoms with van der Waals surface area (Å²) in [6.07, 6.45) is 4.42. The summed E-state index contributed by atoms with van der Waals surface area (Å²) in [5, 5.41) is 0. The molecule has 0 radical (unpaired) electrons. The lowest BCUT2D eigenvalue weighted by Crippen LogP contribution is -2.02. The van der Waals surface area contributed by atoms with E-state index in [0.29, 0.717) is 0 Å². The van der Waals surface area contributed by atoms with Crippen molar-refractivity contribution in [3.63, 3.8) is 0 Å². The van der Waals surface area contributed by atoms with Crippen LogP contribution in [-0.2, 0) is 11.2 Å². The first-order valence-corrected chi connectivity index (χ1v) is 5.57. The molecule has 0 aliphatic carbocycles. The van der Waals surface area contributed by atoms with E-state index in [0.717, 1.165) is 26.1 Å². The van der Waals surface area contributed by atoms with E-state index in [1.807, 2.05) is 11.3 Å². The normalized spacial score (nSPS) is 17.2. The molecule has 2 heterocycles. The Hall–Kier alpha value is -0.600. The zero-order valence-electron chi connectivity index (χ0n) is 7.88. The lowest BCUT2D eigenvalue weighted by Gasteiger charge is -2.11. The van der Waals surface area contributed by atoms with Gasteiger partial charge in [0.05, 0.1) is 13.2 Å². The van der Waals surface area contributed by atoms with Gasteiger partial charge in [-0.05, 0) is 30.5 Å². The second kappa shape index (κ2) is 4.07. The summed E-state index contributed by atoms with van der Waals surface area (Å²) in [7, 11) is 0. The standard InChI is InChI=1S/C11H14OS/c1-2-10-3-4-11(13-10)9-5-7-12-8-6-9/h3-5H,2,6-8H2,1H3. The average molecular weight is 194 g/mol. The van der Waals surface area contributed by atoms with Crippen LogP contribution in [0.4, 0.5) is 0 Å². The van der Waals surface area contributed by atoms with Crippen LogP contribution in [0.2, 0.25) is 0 Å². The molecule has 0 amide bonds. The van der Waals surface area contributed by atoms with E-state index in [9.17, 15) is 0 Å². The lowest BCUT2D eigenvalue weighted by molar-refractivity contribution is 0.161. The van der Waals surface area contributed by atoms with Gasteiger partial charge in [-0.1, -0.05) is 13.0 Å². The van der Waals surface area contributed by atoms with Crippen molar-refractivity contribution < 1.29 is 4.74 Å². The molecular formula is C11H14OS. The van der Waals surface area contributed by atoms with Crippen molar-refractivity contribution in [2.45, 2.75) is 19.8 Å². The molecule has 2 rings (SSSR count). The van der Waals surface area contributed by atoms with Crippen molar-refractivity contribution in [3.05, 3.63) is 28.0 Å². The molecule has 1 nitrogen and oxygen atoms in total. The molecule has 0 bridgehead atoms. The Kier molecular flexibility index (Phi) is 2.81. The van der Waals surface area contributed by atoms with Crippen LogP contribution in [0.25, 0.3) is 5.57 Å². The highest BCUT2D eigenvalue weighted by molar-refractivity contribution is 7.13. The Labute approximate surface area is 83.0 Å². The topological polar surface area (TPSA) is 9.23 Å². The van der Waals surface area contributed by atoms with E-state index >= 15 is 0 Å². The van der Waals surface area contributed by atoms with E-state index in [1.54, 1.807) is 0 Å².